The van der Waals surface area contributed by atoms with Crippen LogP contribution in [0.5, 0.6) is 17.4 Å². The molecule has 3 aromatic rings. The Morgan fingerprint density at radius 2 is 1.85 bits per heavy atom. The highest BCUT2D eigenvalue weighted by Crippen LogP contribution is 2.30. The Bertz CT molecular complexity index is 865. The number of ether oxygens (including phenoxy) is 3. The molecule has 0 N–H and O–H groups in total. The average Bonchev–Trinajstić information content (AvgIpc) is 2.68. The van der Waals surface area contributed by atoms with Crippen LogP contribution in [0, 0.1) is 0 Å². The molecule has 0 unspecified atom stereocenters. The number of nitrogens with zero attached hydrogens (tertiary/aromatic N) is 1. The SMILES string of the molecule is CCOC(=O)c1cccc(Oc2ncccc2OCc2ccccc2)c1. The van der Waals surface area contributed by atoms with E-state index in [1.807, 2.05) is 30.3 Å². The topological polar surface area (TPSA) is 57.7 Å². The lowest BCUT2D eigenvalue weighted by Gasteiger charge is -2.12. The van der Waals surface area contributed by atoms with E-state index < -0.39 is 0 Å². The summed E-state index contributed by atoms with van der Waals surface area (Å²) in [7, 11) is 0. The Kier molecular flexibility index (Phi) is 5.83. The van der Waals surface area contributed by atoms with Crippen LogP contribution in [0.2, 0.25) is 0 Å². The smallest absolute Gasteiger partial charge is 0.338 e. The number of carbonyl (C=O) groups is 1. The third-order valence-electron chi connectivity index (χ3n) is 3.53. The Morgan fingerprint density at radius 3 is 2.65 bits per heavy atom. The summed E-state index contributed by atoms with van der Waals surface area (Å²) in [5.74, 6) is 0.959. The molecule has 0 aliphatic rings. The first-order valence-electron chi connectivity index (χ1n) is 8.33. The van der Waals surface area contributed by atoms with Crippen molar-refractivity contribution in [1.29, 1.82) is 0 Å². The van der Waals surface area contributed by atoms with E-state index >= 15 is 0 Å². The van der Waals surface area contributed by atoms with E-state index in [9.17, 15) is 4.79 Å². The van der Waals surface area contributed by atoms with Crippen molar-refractivity contribution >= 4 is 5.97 Å². The molecule has 2 aromatic carbocycles. The summed E-state index contributed by atoms with van der Waals surface area (Å²) in [6.45, 7) is 2.50. The number of pyridine rings is 1. The minimum absolute atomic E-state index is 0.321. The lowest BCUT2D eigenvalue weighted by atomic mass is 10.2. The minimum atomic E-state index is -0.389. The van der Waals surface area contributed by atoms with Gasteiger partial charge in [-0.1, -0.05) is 36.4 Å². The van der Waals surface area contributed by atoms with E-state index in [4.69, 9.17) is 14.2 Å². The zero-order chi connectivity index (χ0) is 18.2. The van der Waals surface area contributed by atoms with E-state index in [2.05, 4.69) is 4.98 Å². The molecule has 0 amide bonds. The predicted octanol–water partition coefficient (Wildman–Crippen LogP) is 4.63. The second kappa shape index (κ2) is 8.67. The highest BCUT2D eigenvalue weighted by molar-refractivity contribution is 5.89. The van der Waals surface area contributed by atoms with E-state index in [-0.39, 0.29) is 5.97 Å². The summed E-state index contributed by atoms with van der Waals surface area (Å²) in [6.07, 6.45) is 1.62. The van der Waals surface area contributed by atoms with Crippen LogP contribution in [-0.4, -0.2) is 17.6 Å². The van der Waals surface area contributed by atoms with Gasteiger partial charge in [-0.3, -0.25) is 0 Å². The summed E-state index contributed by atoms with van der Waals surface area (Å²) < 4.78 is 16.7. The van der Waals surface area contributed by atoms with Crippen molar-refractivity contribution in [1.82, 2.24) is 4.98 Å². The predicted molar refractivity (Wildman–Crippen MR) is 97.5 cm³/mol. The molecule has 1 aromatic heterocycles. The standard InChI is InChI=1S/C21H19NO4/c1-2-24-21(23)17-10-6-11-18(14-17)26-20-19(12-7-13-22-20)25-15-16-8-4-3-5-9-16/h3-14H,2,15H2,1H3. The maximum atomic E-state index is 11.9. The number of hydrogen-bond donors (Lipinski definition) is 0. The minimum Gasteiger partial charge on any atom is -0.483 e. The van der Waals surface area contributed by atoms with Crippen LogP contribution in [0.1, 0.15) is 22.8 Å². The molecular weight excluding hydrogens is 330 g/mol. The summed E-state index contributed by atoms with van der Waals surface area (Å²) in [4.78, 5) is 16.1. The van der Waals surface area contributed by atoms with Crippen LogP contribution in [0.3, 0.4) is 0 Å². The van der Waals surface area contributed by atoms with Gasteiger partial charge in [0.15, 0.2) is 5.75 Å². The van der Waals surface area contributed by atoms with Gasteiger partial charge in [0, 0.05) is 6.20 Å². The van der Waals surface area contributed by atoms with Crippen molar-refractivity contribution in [3.63, 3.8) is 0 Å². The largest absolute Gasteiger partial charge is 0.483 e. The van der Waals surface area contributed by atoms with Crippen LogP contribution in [0.15, 0.2) is 72.9 Å². The highest BCUT2D eigenvalue weighted by Gasteiger charge is 2.11. The lowest BCUT2D eigenvalue weighted by molar-refractivity contribution is 0.0526. The van der Waals surface area contributed by atoms with Crippen molar-refractivity contribution in [2.45, 2.75) is 13.5 Å². The molecule has 5 heteroatoms. The van der Waals surface area contributed by atoms with E-state index in [1.54, 1.807) is 49.5 Å². The third kappa shape index (κ3) is 4.60. The number of benzene rings is 2. The van der Waals surface area contributed by atoms with Crippen LogP contribution in [-0.2, 0) is 11.3 Å². The van der Waals surface area contributed by atoms with Gasteiger partial charge in [0.05, 0.1) is 12.2 Å². The molecule has 0 radical (unpaired) electrons. The van der Waals surface area contributed by atoms with E-state index in [0.717, 1.165) is 5.56 Å². The molecule has 0 saturated carbocycles. The van der Waals surface area contributed by atoms with Crippen molar-refractivity contribution in [3.8, 4) is 17.4 Å². The molecule has 0 atom stereocenters. The molecule has 1 heterocycles. The van der Waals surface area contributed by atoms with E-state index in [1.165, 1.54) is 0 Å². The van der Waals surface area contributed by atoms with Crippen molar-refractivity contribution in [2.75, 3.05) is 6.61 Å². The van der Waals surface area contributed by atoms with Crippen molar-refractivity contribution in [2.24, 2.45) is 0 Å². The van der Waals surface area contributed by atoms with Crippen molar-refractivity contribution in [3.05, 3.63) is 84.1 Å². The van der Waals surface area contributed by atoms with Gasteiger partial charge in [0.1, 0.15) is 12.4 Å². The fourth-order valence-corrected chi connectivity index (χ4v) is 2.31. The lowest BCUT2D eigenvalue weighted by Crippen LogP contribution is -2.04. The maximum Gasteiger partial charge on any atom is 0.338 e. The summed E-state index contributed by atoms with van der Waals surface area (Å²) >= 11 is 0. The molecule has 132 valence electrons. The maximum absolute atomic E-state index is 11.9. The summed E-state index contributed by atoms with van der Waals surface area (Å²) in [6, 6.07) is 20.2. The first-order chi connectivity index (χ1) is 12.8. The molecule has 0 aliphatic heterocycles. The average molecular weight is 349 g/mol. The summed E-state index contributed by atoms with van der Waals surface area (Å²) in [5.41, 5.74) is 1.47. The summed E-state index contributed by atoms with van der Waals surface area (Å²) in [5, 5.41) is 0. The van der Waals surface area contributed by atoms with Gasteiger partial charge in [-0.15, -0.1) is 0 Å². The first kappa shape index (κ1) is 17.5. The molecule has 0 fully saturated rings. The molecule has 0 aliphatic carbocycles. The second-order valence-electron chi connectivity index (χ2n) is 5.43. The number of carbonyl (C=O) groups excluding carboxylic acids is 1. The molecular formula is C21H19NO4. The van der Waals surface area contributed by atoms with Crippen LogP contribution < -0.4 is 9.47 Å². The van der Waals surface area contributed by atoms with Gasteiger partial charge in [0.2, 0.25) is 0 Å². The molecule has 5 nitrogen and oxygen atoms in total. The Balaban J connectivity index is 1.74. The second-order valence-corrected chi connectivity index (χ2v) is 5.43. The molecule has 26 heavy (non-hydrogen) atoms. The first-order valence-corrected chi connectivity index (χ1v) is 8.33. The normalized spacial score (nSPS) is 10.2. The zero-order valence-corrected chi connectivity index (χ0v) is 14.4. The van der Waals surface area contributed by atoms with E-state index in [0.29, 0.717) is 36.2 Å². The number of aromatic nitrogens is 1. The highest BCUT2D eigenvalue weighted by atomic mass is 16.5. The van der Waals surface area contributed by atoms with Gasteiger partial charge >= 0.3 is 5.97 Å². The quantitative estimate of drug-likeness (QED) is 0.582. The number of hydrogen-bond acceptors (Lipinski definition) is 5. The molecule has 0 saturated heterocycles. The van der Waals surface area contributed by atoms with Gasteiger partial charge in [0.25, 0.3) is 5.88 Å². The fourth-order valence-electron chi connectivity index (χ4n) is 2.31. The van der Waals surface area contributed by atoms with Gasteiger partial charge in [-0.05, 0) is 42.8 Å². The number of esters is 1. The van der Waals surface area contributed by atoms with Crippen LogP contribution in [0.4, 0.5) is 0 Å². The Labute approximate surface area is 152 Å². The Morgan fingerprint density at radius 1 is 1.00 bits per heavy atom. The molecule has 3 rings (SSSR count). The zero-order valence-electron chi connectivity index (χ0n) is 14.4. The monoisotopic (exact) mass is 349 g/mol. The molecule has 0 spiro atoms. The molecule has 0 bridgehead atoms. The fraction of sp³-hybridized carbons (Fsp3) is 0.143. The Hall–Kier alpha value is -3.34. The van der Waals surface area contributed by atoms with Gasteiger partial charge in [-0.25, -0.2) is 9.78 Å². The van der Waals surface area contributed by atoms with Gasteiger partial charge in [-0.2, -0.15) is 0 Å². The van der Waals surface area contributed by atoms with Crippen LogP contribution in [0.25, 0.3) is 0 Å². The third-order valence-corrected chi connectivity index (χ3v) is 3.53. The van der Waals surface area contributed by atoms with Gasteiger partial charge < -0.3 is 14.2 Å². The number of rotatable bonds is 7. The van der Waals surface area contributed by atoms with Crippen molar-refractivity contribution < 1.29 is 19.0 Å². The van der Waals surface area contributed by atoms with Crippen LogP contribution >= 0.6 is 0 Å².